The lowest BCUT2D eigenvalue weighted by Crippen LogP contribution is -2.31. The number of hydrogen-bond donors (Lipinski definition) is 3. The van der Waals surface area contributed by atoms with Crippen LogP contribution in [-0.2, 0) is 13.1 Å². The maximum atomic E-state index is 10.6. The van der Waals surface area contributed by atoms with Crippen LogP contribution in [0.5, 0.6) is 5.75 Å². The first-order valence-electron chi connectivity index (χ1n) is 9.59. The summed E-state index contributed by atoms with van der Waals surface area (Å²) < 4.78 is 0. The van der Waals surface area contributed by atoms with E-state index in [0.29, 0.717) is 17.8 Å². The Bertz CT molecular complexity index is 436. The Balaban J connectivity index is 1.52. The van der Waals surface area contributed by atoms with E-state index in [4.69, 9.17) is 0 Å². The van der Waals surface area contributed by atoms with E-state index < -0.39 is 0 Å². The zero-order chi connectivity index (χ0) is 15.9. The summed E-state index contributed by atoms with van der Waals surface area (Å²) in [5, 5.41) is 17.8. The van der Waals surface area contributed by atoms with Gasteiger partial charge in [-0.3, -0.25) is 0 Å². The van der Waals surface area contributed by atoms with E-state index in [-0.39, 0.29) is 0 Å². The molecule has 3 rings (SSSR count). The van der Waals surface area contributed by atoms with Crippen molar-refractivity contribution in [2.45, 2.75) is 89.4 Å². The number of phenolic OH excluding ortho intramolecular Hbond substituents is 1. The van der Waals surface area contributed by atoms with Crippen LogP contribution in [0.4, 0.5) is 0 Å². The highest BCUT2D eigenvalue weighted by Gasteiger charge is 2.16. The Labute approximate surface area is 140 Å². The minimum atomic E-state index is 0.485. The number of phenols is 1. The molecule has 2 aliphatic rings. The summed E-state index contributed by atoms with van der Waals surface area (Å²) in [7, 11) is 0. The highest BCUT2D eigenvalue weighted by molar-refractivity contribution is 5.40. The van der Waals surface area contributed by atoms with E-state index in [2.05, 4.69) is 28.8 Å². The topological polar surface area (TPSA) is 44.3 Å². The van der Waals surface area contributed by atoms with E-state index >= 15 is 0 Å². The number of rotatable bonds is 6. The molecule has 0 spiro atoms. The highest BCUT2D eigenvalue weighted by Crippen LogP contribution is 2.25. The smallest absolute Gasteiger partial charge is 0.124 e. The Morgan fingerprint density at radius 1 is 0.739 bits per heavy atom. The van der Waals surface area contributed by atoms with E-state index in [9.17, 15) is 5.11 Å². The van der Waals surface area contributed by atoms with Gasteiger partial charge in [-0.25, -0.2) is 0 Å². The Morgan fingerprint density at radius 3 is 1.61 bits per heavy atom. The largest absolute Gasteiger partial charge is 0.507 e. The van der Waals surface area contributed by atoms with Crippen LogP contribution in [-0.4, -0.2) is 17.2 Å². The van der Waals surface area contributed by atoms with Crippen LogP contribution in [0.2, 0.25) is 0 Å². The SMILES string of the molecule is Oc1c(CNC2CCCCC2)cccc1CNC1CCCCC1. The molecule has 23 heavy (non-hydrogen) atoms. The predicted octanol–water partition coefficient (Wildman–Crippen LogP) is 4.24. The Hall–Kier alpha value is -1.06. The van der Waals surface area contributed by atoms with Gasteiger partial charge < -0.3 is 15.7 Å². The molecule has 128 valence electrons. The summed E-state index contributed by atoms with van der Waals surface area (Å²) in [6, 6.07) is 7.44. The average molecular weight is 316 g/mol. The standard InChI is InChI=1S/C20H32N2O/c23-20-16(14-21-18-10-3-1-4-11-18)8-7-9-17(20)15-22-19-12-5-2-6-13-19/h7-9,18-19,21-23H,1-6,10-15H2. The second-order valence-corrected chi connectivity index (χ2v) is 7.36. The molecular formula is C20H32N2O. The third-order valence-corrected chi connectivity index (χ3v) is 5.58. The normalized spacial score (nSPS) is 20.7. The zero-order valence-corrected chi connectivity index (χ0v) is 14.3. The fourth-order valence-electron chi connectivity index (χ4n) is 4.05. The molecule has 0 bridgehead atoms. The summed E-state index contributed by atoms with van der Waals surface area (Å²) >= 11 is 0. The van der Waals surface area contributed by atoms with Crippen LogP contribution < -0.4 is 10.6 Å². The molecule has 3 heteroatoms. The molecule has 0 radical (unpaired) electrons. The van der Waals surface area contributed by atoms with Gasteiger partial charge in [-0.2, -0.15) is 0 Å². The molecule has 3 N–H and O–H groups in total. The van der Waals surface area contributed by atoms with Crippen molar-refractivity contribution in [2.75, 3.05) is 0 Å². The molecule has 0 saturated heterocycles. The lowest BCUT2D eigenvalue weighted by Gasteiger charge is -2.24. The van der Waals surface area contributed by atoms with Gasteiger partial charge in [0.1, 0.15) is 5.75 Å². The van der Waals surface area contributed by atoms with Crippen molar-refractivity contribution >= 4 is 0 Å². The zero-order valence-electron chi connectivity index (χ0n) is 14.3. The molecule has 2 aliphatic carbocycles. The quantitative estimate of drug-likeness (QED) is 0.735. The molecule has 0 atom stereocenters. The van der Waals surface area contributed by atoms with Crippen molar-refractivity contribution in [3.8, 4) is 5.75 Å². The predicted molar refractivity (Wildman–Crippen MR) is 95.5 cm³/mol. The number of aromatic hydroxyl groups is 1. The molecule has 2 saturated carbocycles. The van der Waals surface area contributed by atoms with E-state index in [1.165, 1.54) is 64.2 Å². The van der Waals surface area contributed by atoms with E-state index in [1.807, 2.05) is 0 Å². The molecule has 1 aromatic carbocycles. The molecule has 3 nitrogen and oxygen atoms in total. The molecule has 2 fully saturated rings. The van der Waals surface area contributed by atoms with Gasteiger partial charge in [0.15, 0.2) is 0 Å². The first kappa shape index (κ1) is 16.8. The number of para-hydroxylation sites is 1. The molecule has 0 amide bonds. The third-order valence-electron chi connectivity index (χ3n) is 5.58. The van der Waals surface area contributed by atoms with Crippen LogP contribution in [0.3, 0.4) is 0 Å². The van der Waals surface area contributed by atoms with Gasteiger partial charge in [0.25, 0.3) is 0 Å². The van der Waals surface area contributed by atoms with Gasteiger partial charge in [-0.1, -0.05) is 56.7 Å². The monoisotopic (exact) mass is 316 g/mol. The first-order valence-corrected chi connectivity index (χ1v) is 9.59. The third kappa shape index (κ3) is 4.95. The van der Waals surface area contributed by atoms with Crippen LogP contribution in [0.1, 0.15) is 75.3 Å². The van der Waals surface area contributed by atoms with Gasteiger partial charge in [0, 0.05) is 36.3 Å². The van der Waals surface area contributed by atoms with Gasteiger partial charge >= 0.3 is 0 Å². The van der Waals surface area contributed by atoms with Gasteiger partial charge in [-0.15, -0.1) is 0 Å². The number of nitrogens with one attached hydrogen (secondary N) is 2. The van der Waals surface area contributed by atoms with Crippen LogP contribution >= 0.6 is 0 Å². The van der Waals surface area contributed by atoms with Crippen molar-refractivity contribution in [2.24, 2.45) is 0 Å². The number of benzene rings is 1. The molecular weight excluding hydrogens is 284 g/mol. The lowest BCUT2D eigenvalue weighted by atomic mass is 9.95. The van der Waals surface area contributed by atoms with Gasteiger partial charge in [-0.05, 0) is 25.7 Å². The van der Waals surface area contributed by atoms with Crippen LogP contribution in [0.25, 0.3) is 0 Å². The molecule has 0 aromatic heterocycles. The summed E-state index contributed by atoms with van der Waals surface area (Å²) in [5.41, 5.74) is 2.08. The van der Waals surface area contributed by atoms with Gasteiger partial charge in [0.2, 0.25) is 0 Å². The molecule has 1 aromatic rings. The van der Waals surface area contributed by atoms with E-state index in [0.717, 1.165) is 24.2 Å². The van der Waals surface area contributed by atoms with Crippen molar-refractivity contribution in [3.63, 3.8) is 0 Å². The first-order chi connectivity index (χ1) is 11.3. The Morgan fingerprint density at radius 2 is 1.17 bits per heavy atom. The van der Waals surface area contributed by atoms with Crippen molar-refractivity contribution < 1.29 is 5.11 Å². The van der Waals surface area contributed by atoms with E-state index in [1.54, 1.807) is 0 Å². The minimum absolute atomic E-state index is 0.485. The molecule has 0 heterocycles. The van der Waals surface area contributed by atoms with Gasteiger partial charge in [0.05, 0.1) is 0 Å². The summed E-state index contributed by atoms with van der Waals surface area (Å²) in [5.74, 6) is 0.485. The Kier molecular flexibility index (Phi) is 6.35. The highest BCUT2D eigenvalue weighted by atomic mass is 16.3. The van der Waals surface area contributed by atoms with Crippen molar-refractivity contribution in [1.29, 1.82) is 0 Å². The summed E-state index contributed by atoms with van der Waals surface area (Å²) in [4.78, 5) is 0. The maximum Gasteiger partial charge on any atom is 0.124 e. The second-order valence-electron chi connectivity index (χ2n) is 7.36. The van der Waals surface area contributed by atoms with Crippen LogP contribution in [0, 0.1) is 0 Å². The average Bonchev–Trinajstić information content (AvgIpc) is 2.61. The molecule has 0 unspecified atom stereocenters. The number of hydrogen-bond acceptors (Lipinski definition) is 3. The van der Waals surface area contributed by atoms with Crippen LogP contribution in [0.15, 0.2) is 18.2 Å². The molecule has 0 aliphatic heterocycles. The van der Waals surface area contributed by atoms with Crippen molar-refractivity contribution in [1.82, 2.24) is 10.6 Å². The fraction of sp³-hybridized carbons (Fsp3) is 0.700. The minimum Gasteiger partial charge on any atom is -0.507 e. The fourth-order valence-corrected chi connectivity index (χ4v) is 4.05. The second kappa shape index (κ2) is 8.70. The maximum absolute atomic E-state index is 10.6. The summed E-state index contributed by atoms with van der Waals surface area (Å²) in [6.07, 6.45) is 13.3. The van der Waals surface area contributed by atoms with Crippen molar-refractivity contribution in [3.05, 3.63) is 29.3 Å². The lowest BCUT2D eigenvalue weighted by molar-refractivity contribution is 0.363. The summed E-state index contributed by atoms with van der Waals surface area (Å²) in [6.45, 7) is 1.57.